The zero-order chi connectivity index (χ0) is 20.4. The van der Waals surface area contributed by atoms with Gasteiger partial charge in [-0.3, -0.25) is 4.79 Å². The van der Waals surface area contributed by atoms with Crippen molar-refractivity contribution < 1.29 is 22.4 Å². The molecule has 2 N–H and O–H groups in total. The molecule has 156 valence electrons. The van der Waals surface area contributed by atoms with Gasteiger partial charge < -0.3 is 14.5 Å². The first-order chi connectivity index (χ1) is 13.9. The van der Waals surface area contributed by atoms with E-state index in [0.29, 0.717) is 6.61 Å². The quantitative estimate of drug-likeness (QED) is 0.721. The first kappa shape index (κ1) is 20.4. The molecule has 0 bridgehead atoms. The van der Waals surface area contributed by atoms with Crippen LogP contribution in [0.25, 0.3) is 0 Å². The van der Waals surface area contributed by atoms with Crippen LogP contribution in [0, 0.1) is 0 Å². The number of fused-ring (bicyclic) bond motifs is 1. The van der Waals surface area contributed by atoms with Crippen LogP contribution >= 0.6 is 11.6 Å². The number of nitrogens with one attached hydrogen (secondary N) is 2. The maximum absolute atomic E-state index is 12.8. The van der Waals surface area contributed by atoms with Gasteiger partial charge in [0.2, 0.25) is 10.0 Å². The number of furan rings is 1. The lowest BCUT2D eigenvalue weighted by Gasteiger charge is -2.23. The SMILES string of the molecule is O=C(NC1CCCc2occc21)c1ccc(Cl)c(S(=O)(=O)NCC2CCCO2)c1. The summed E-state index contributed by atoms with van der Waals surface area (Å²) in [6, 6.07) is 5.98. The summed E-state index contributed by atoms with van der Waals surface area (Å²) in [5.74, 6) is 0.538. The number of carbonyl (C=O) groups excluding carboxylic acids is 1. The molecule has 9 heteroatoms. The fraction of sp³-hybridized carbons (Fsp3) is 0.450. The van der Waals surface area contributed by atoms with Crippen LogP contribution in [-0.4, -0.2) is 33.6 Å². The van der Waals surface area contributed by atoms with Crippen LogP contribution in [0.1, 0.15) is 53.4 Å². The number of carbonyl (C=O) groups is 1. The van der Waals surface area contributed by atoms with Gasteiger partial charge in [0, 0.05) is 30.7 Å². The van der Waals surface area contributed by atoms with Gasteiger partial charge in [0.15, 0.2) is 0 Å². The van der Waals surface area contributed by atoms with Crippen molar-refractivity contribution in [3.63, 3.8) is 0 Å². The van der Waals surface area contributed by atoms with Crippen molar-refractivity contribution in [1.82, 2.24) is 10.0 Å². The monoisotopic (exact) mass is 438 g/mol. The summed E-state index contributed by atoms with van der Waals surface area (Å²) in [6.45, 7) is 0.822. The van der Waals surface area contributed by atoms with Gasteiger partial charge in [-0.1, -0.05) is 11.6 Å². The lowest BCUT2D eigenvalue weighted by atomic mass is 9.93. The molecule has 7 nitrogen and oxygen atoms in total. The minimum atomic E-state index is -3.86. The summed E-state index contributed by atoms with van der Waals surface area (Å²) in [7, 11) is -3.86. The van der Waals surface area contributed by atoms with Crippen molar-refractivity contribution in [3.8, 4) is 0 Å². The summed E-state index contributed by atoms with van der Waals surface area (Å²) >= 11 is 6.13. The average molecular weight is 439 g/mol. The molecule has 2 unspecified atom stereocenters. The second-order valence-corrected chi connectivity index (χ2v) is 9.49. The third-order valence-electron chi connectivity index (χ3n) is 5.37. The van der Waals surface area contributed by atoms with Crippen LogP contribution in [0.5, 0.6) is 0 Å². The van der Waals surface area contributed by atoms with Crippen LogP contribution in [0.2, 0.25) is 5.02 Å². The number of halogens is 1. The Hall–Kier alpha value is -1.87. The molecule has 1 saturated heterocycles. The van der Waals surface area contributed by atoms with Crippen molar-refractivity contribution in [1.29, 1.82) is 0 Å². The van der Waals surface area contributed by atoms with Gasteiger partial charge in [0.1, 0.15) is 10.7 Å². The molecule has 0 saturated carbocycles. The van der Waals surface area contributed by atoms with Crippen molar-refractivity contribution in [3.05, 3.63) is 52.4 Å². The molecule has 1 fully saturated rings. The normalized spacial score (nSPS) is 21.7. The molecule has 0 spiro atoms. The van der Waals surface area contributed by atoms with Gasteiger partial charge in [0.25, 0.3) is 5.91 Å². The van der Waals surface area contributed by atoms with E-state index in [0.717, 1.165) is 43.4 Å². The number of hydrogen-bond donors (Lipinski definition) is 2. The summed E-state index contributed by atoms with van der Waals surface area (Å²) in [5.41, 5.74) is 1.21. The Morgan fingerprint density at radius 3 is 2.86 bits per heavy atom. The van der Waals surface area contributed by atoms with Crippen molar-refractivity contribution >= 4 is 27.5 Å². The molecule has 2 atom stereocenters. The van der Waals surface area contributed by atoms with Gasteiger partial charge in [-0.2, -0.15) is 0 Å². The number of hydrogen-bond acceptors (Lipinski definition) is 5. The first-order valence-corrected chi connectivity index (χ1v) is 11.6. The highest BCUT2D eigenvalue weighted by Gasteiger charge is 2.26. The number of benzene rings is 1. The van der Waals surface area contributed by atoms with Gasteiger partial charge in [-0.25, -0.2) is 13.1 Å². The van der Waals surface area contributed by atoms with Crippen LogP contribution < -0.4 is 10.0 Å². The lowest BCUT2D eigenvalue weighted by Crippen LogP contribution is -2.33. The molecule has 2 aliphatic rings. The summed E-state index contributed by atoms with van der Waals surface area (Å²) in [6.07, 6.45) is 5.80. The van der Waals surface area contributed by atoms with E-state index in [4.69, 9.17) is 20.8 Å². The molecule has 29 heavy (non-hydrogen) atoms. The zero-order valence-corrected chi connectivity index (χ0v) is 17.4. The van der Waals surface area contributed by atoms with E-state index < -0.39 is 10.0 Å². The van der Waals surface area contributed by atoms with Gasteiger partial charge in [-0.15, -0.1) is 0 Å². The van der Waals surface area contributed by atoms with E-state index in [1.165, 1.54) is 18.2 Å². The lowest BCUT2D eigenvalue weighted by molar-refractivity contribution is 0.0932. The molecule has 1 aromatic carbocycles. The second-order valence-electron chi connectivity index (χ2n) is 7.35. The molecule has 2 aromatic rings. The molecule has 1 aliphatic carbocycles. The Morgan fingerprint density at radius 2 is 2.07 bits per heavy atom. The molecular formula is C20H23ClN2O5S. The van der Waals surface area contributed by atoms with Gasteiger partial charge in [0.05, 0.1) is 23.4 Å². The number of rotatable bonds is 6. The zero-order valence-electron chi connectivity index (χ0n) is 15.8. The summed E-state index contributed by atoms with van der Waals surface area (Å²) < 4.78 is 38.9. The molecule has 2 heterocycles. The molecule has 0 radical (unpaired) electrons. The highest BCUT2D eigenvalue weighted by Crippen LogP contribution is 2.31. The Bertz CT molecular complexity index is 998. The number of sulfonamides is 1. The van der Waals surface area contributed by atoms with Gasteiger partial charge >= 0.3 is 0 Å². The number of aryl methyl sites for hydroxylation is 1. The first-order valence-electron chi connectivity index (χ1n) is 9.72. The van der Waals surface area contributed by atoms with Crippen molar-refractivity contribution in [2.45, 2.75) is 49.1 Å². The summed E-state index contributed by atoms with van der Waals surface area (Å²) in [4.78, 5) is 12.7. The van der Waals surface area contributed by atoms with E-state index in [1.807, 2.05) is 6.07 Å². The van der Waals surface area contributed by atoms with E-state index >= 15 is 0 Å². The van der Waals surface area contributed by atoms with E-state index in [-0.39, 0.29) is 40.1 Å². The predicted molar refractivity (Wildman–Crippen MR) is 107 cm³/mol. The molecule has 1 aliphatic heterocycles. The van der Waals surface area contributed by atoms with Crippen molar-refractivity contribution in [2.24, 2.45) is 0 Å². The highest BCUT2D eigenvalue weighted by molar-refractivity contribution is 7.89. The maximum atomic E-state index is 12.8. The third kappa shape index (κ3) is 4.50. The second kappa shape index (κ2) is 8.47. The minimum Gasteiger partial charge on any atom is -0.469 e. The number of ether oxygens (including phenoxy) is 1. The number of amides is 1. The van der Waals surface area contributed by atoms with E-state index in [1.54, 1.807) is 6.26 Å². The molecular weight excluding hydrogens is 416 g/mol. The van der Waals surface area contributed by atoms with Crippen LogP contribution in [0.3, 0.4) is 0 Å². The Labute approximate surface area is 174 Å². The fourth-order valence-corrected chi connectivity index (χ4v) is 5.40. The smallest absolute Gasteiger partial charge is 0.251 e. The largest absolute Gasteiger partial charge is 0.469 e. The predicted octanol–water partition coefficient (Wildman–Crippen LogP) is 3.20. The Morgan fingerprint density at radius 1 is 1.21 bits per heavy atom. The molecule has 1 aromatic heterocycles. The topological polar surface area (TPSA) is 97.6 Å². The van der Waals surface area contributed by atoms with E-state index in [2.05, 4.69) is 10.0 Å². The summed E-state index contributed by atoms with van der Waals surface area (Å²) in [5, 5.41) is 3.04. The van der Waals surface area contributed by atoms with Crippen LogP contribution in [0.15, 0.2) is 39.8 Å². The average Bonchev–Trinajstić information content (AvgIpc) is 3.39. The third-order valence-corrected chi connectivity index (χ3v) is 7.27. The maximum Gasteiger partial charge on any atom is 0.251 e. The molecule has 1 amide bonds. The Balaban J connectivity index is 1.50. The van der Waals surface area contributed by atoms with Crippen LogP contribution in [-0.2, 0) is 21.2 Å². The molecule has 4 rings (SSSR count). The minimum absolute atomic E-state index is 0.0659. The fourth-order valence-electron chi connectivity index (χ4n) is 3.81. The Kier molecular flexibility index (Phi) is 5.96. The standard InChI is InChI=1S/C20H23ClN2O5S/c21-16-7-6-13(11-19(16)29(25,26)22-12-14-3-2-9-27-14)20(24)23-17-4-1-5-18-15(17)8-10-28-18/h6-8,10-11,14,17,22H,1-5,9,12H2,(H,23,24). The van der Waals surface area contributed by atoms with Crippen LogP contribution in [0.4, 0.5) is 0 Å². The van der Waals surface area contributed by atoms with E-state index in [9.17, 15) is 13.2 Å². The highest BCUT2D eigenvalue weighted by atomic mass is 35.5. The van der Waals surface area contributed by atoms with Gasteiger partial charge in [-0.05, 0) is 49.9 Å². The van der Waals surface area contributed by atoms with Crippen molar-refractivity contribution in [2.75, 3.05) is 13.2 Å².